The monoisotopic (exact) mass is 496 g/mol. The number of thiazole rings is 1. The normalized spacial score (nSPS) is 10.9. The number of amides is 1. The molecule has 3 aromatic carbocycles. The standard InChI is InChI=1S/C28H24N4O3S/c1-17-22(26(29)33)14-25(32(17)15-18-10-12-20(13-11-18)27(34)35-2)24-16-36-28(31-24)30-23-9-5-7-19-6-3-4-8-21(19)23/h3-14,16H,15H2,1-2H3,(H2,29,33)(H,30,31). The molecule has 0 unspecified atom stereocenters. The predicted octanol–water partition coefficient (Wildman–Crippen LogP) is 5.75. The van der Waals surface area contributed by atoms with Crippen LogP contribution in [0.25, 0.3) is 22.2 Å². The summed E-state index contributed by atoms with van der Waals surface area (Å²) in [7, 11) is 1.36. The molecule has 5 rings (SSSR count). The maximum atomic E-state index is 12.1. The van der Waals surface area contributed by atoms with Gasteiger partial charge in [0, 0.05) is 28.7 Å². The van der Waals surface area contributed by atoms with Crippen LogP contribution in [0.2, 0.25) is 0 Å². The van der Waals surface area contributed by atoms with Crippen LogP contribution in [-0.4, -0.2) is 28.5 Å². The van der Waals surface area contributed by atoms with Gasteiger partial charge in [-0.15, -0.1) is 11.3 Å². The minimum atomic E-state index is -0.488. The number of hydrogen-bond acceptors (Lipinski definition) is 6. The first-order chi connectivity index (χ1) is 17.4. The molecule has 0 aliphatic rings. The molecule has 0 fully saturated rings. The summed E-state index contributed by atoms with van der Waals surface area (Å²) in [6.07, 6.45) is 0. The lowest BCUT2D eigenvalue weighted by Crippen LogP contribution is -2.13. The summed E-state index contributed by atoms with van der Waals surface area (Å²) in [6, 6.07) is 23.3. The number of primary amides is 1. The van der Waals surface area contributed by atoms with Crippen LogP contribution in [0.1, 0.15) is 32.0 Å². The van der Waals surface area contributed by atoms with Crippen molar-refractivity contribution < 1.29 is 14.3 Å². The van der Waals surface area contributed by atoms with E-state index in [2.05, 4.69) is 23.5 Å². The molecule has 7 nitrogen and oxygen atoms in total. The number of esters is 1. The number of aromatic nitrogens is 2. The molecule has 36 heavy (non-hydrogen) atoms. The second-order valence-corrected chi connectivity index (χ2v) is 9.22. The highest BCUT2D eigenvalue weighted by Gasteiger charge is 2.19. The molecule has 2 heterocycles. The maximum absolute atomic E-state index is 12.1. The summed E-state index contributed by atoms with van der Waals surface area (Å²) < 4.78 is 6.80. The Morgan fingerprint density at radius 1 is 1.06 bits per heavy atom. The third-order valence-corrected chi connectivity index (χ3v) is 6.90. The highest BCUT2D eigenvalue weighted by atomic mass is 32.1. The Labute approximate surface area is 212 Å². The van der Waals surface area contributed by atoms with Crippen molar-refractivity contribution in [1.29, 1.82) is 0 Å². The van der Waals surface area contributed by atoms with Crippen molar-refractivity contribution >= 4 is 44.8 Å². The van der Waals surface area contributed by atoms with E-state index in [0.717, 1.165) is 44.2 Å². The van der Waals surface area contributed by atoms with Gasteiger partial charge >= 0.3 is 5.97 Å². The van der Waals surface area contributed by atoms with Gasteiger partial charge in [-0.05, 0) is 42.1 Å². The molecule has 0 spiro atoms. The lowest BCUT2D eigenvalue weighted by molar-refractivity contribution is 0.0600. The predicted molar refractivity (Wildman–Crippen MR) is 143 cm³/mol. The van der Waals surface area contributed by atoms with Crippen LogP contribution < -0.4 is 11.1 Å². The van der Waals surface area contributed by atoms with Gasteiger partial charge in [-0.25, -0.2) is 9.78 Å². The SMILES string of the molecule is COC(=O)c1ccc(Cn2c(-c3csc(Nc4cccc5ccccc45)n3)cc(C(N)=O)c2C)cc1. The second-order valence-electron chi connectivity index (χ2n) is 8.36. The van der Waals surface area contributed by atoms with Crippen molar-refractivity contribution in [2.24, 2.45) is 5.73 Å². The highest BCUT2D eigenvalue weighted by molar-refractivity contribution is 7.14. The minimum absolute atomic E-state index is 0.385. The molecule has 0 saturated heterocycles. The summed E-state index contributed by atoms with van der Waals surface area (Å²) in [6.45, 7) is 2.35. The zero-order chi connectivity index (χ0) is 25.2. The van der Waals surface area contributed by atoms with Crippen LogP contribution in [0.15, 0.2) is 78.2 Å². The number of carbonyl (C=O) groups is 2. The molecular weight excluding hydrogens is 472 g/mol. The second kappa shape index (κ2) is 9.67. The number of fused-ring (bicyclic) bond motifs is 1. The van der Waals surface area contributed by atoms with Gasteiger partial charge < -0.3 is 20.4 Å². The number of rotatable bonds is 7. The van der Waals surface area contributed by atoms with Gasteiger partial charge in [-0.1, -0.05) is 48.5 Å². The third-order valence-electron chi connectivity index (χ3n) is 6.15. The van der Waals surface area contributed by atoms with E-state index in [1.54, 1.807) is 18.2 Å². The number of anilines is 2. The van der Waals surface area contributed by atoms with Crippen molar-refractivity contribution in [2.45, 2.75) is 13.5 Å². The van der Waals surface area contributed by atoms with Crippen LogP contribution in [-0.2, 0) is 11.3 Å². The molecular formula is C28H24N4O3S. The maximum Gasteiger partial charge on any atom is 0.337 e. The molecule has 180 valence electrons. The van der Waals surface area contributed by atoms with Gasteiger partial charge in [-0.2, -0.15) is 0 Å². The number of hydrogen-bond donors (Lipinski definition) is 2. The average Bonchev–Trinajstić information content (AvgIpc) is 3.48. The van der Waals surface area contributed by atoms with Crippen LogP contribution in [0, 0.1) is 6.92 Å². The Kier molecular flexibility index (Phi) is 6.26. The van der Waals surface area contributed by atoms with E-state index in [9.17, 15) is 9.59 Å². The Hall–Kier alpha value is -4.43. The molecule has 0 saturated carbocycles. The van der Waals surface area contributed by atoms with Crippen LogP contribution >= 0.6 is 11.3 Å². The molecule has 0 bridgehead atoms. The third kappa shape index (κ3) is 4.46. The van der Waals surface area contributed by atoms with Gasteiger partial charge in [0.25, 0.3) is 5.91 Å². The summed E-state index contributed by atoms with van der Waals surface area (Å²) in [5.41, 5.74) is 10.8. The Bertz CT molecular complexity index is 1580. The summed E-state index contributed by atoms with van der Waals surface area (Å²) in [5.74, 6) is -0.873. The molecule has 1 amide bonds. The zero-order valence-corrected chi connectivity index (χ0v) is 20.6. The van der Waals surface area contributed by atoms with Gasteiger partial charge in [0.15, 0.2) is 5.13 Å². The van der Waals surface area contributed by atoms with E-state index in [4.69, 9.17) is 15.5 Å². The molecule has 2 aromatic heterocycles. The van der Waals surface area contributed by atoms with Crippen molar-refractivity contribution in [3.8, 4) is 11.4 Å². The quantitative estimate of drug-likeness (QED) is 0.280. The van der Waals surface area contributed by atoms with E-state index in [1.165, 1.54) is 18.4 Å². The van der Waals surface area contributed by atoms with E-state index in [0.29, 0.717) is 17.7 Å². The number of nitrogens with one attached hydrogen (secondary N) is 1. The number of benzene rings is 3. The number of ether oxygens (including phenoxy) is 1. The minimum Gasteiger partial charge on any atom is -0.465 e. The molecule has 3 N–H and O–H groups in total. The molecule has 0 radical (unpaired) electrons. The van der Waals surface area contributed by atoms with Gasteiger partial charge in [0.2, 0.25) is 0 Å². The van der Waals surface area contributed by atoms with Crippen molar-refractivity contribution in [3.05, 3.63) is 101 Å². The van der Waals surface area contributed by atoms with Crippen LogP contribution in [0.3, 0.4) is 0 Å². The number of nitrogens with two attached hydrogens (primary N) is 1. The van der Waals surface area contributed by atoms with Crippen LogP contribution in [0.5, 0.6) is 0 Å². The summed E-state index contributed by atoms with van der Waals surface area (Å²) >= 11 is 1.49. The highest BCUT2D eigenvalue weighted by Crippen LogP contribution is 2.33. The number of nitrogens with zero attached hydrogens (tertiary/aromatic N) is 2. The Morgan fingerprint density at radius 2 is 1.81 bits per heavy atom. The Balaban J connectivity index is 1.48. The lowest BCUT2D eigenvalue weighted by Gasteiger charge is -2.11. The fraction of sp³-hybridized carbons (Fsp3) is 0.107. The summed E-state index contributed by atoms with van der Waals surface area (Å²) in [5, 5.41) is 8.40. The van der Waals surface area contributed by atoms with Gasteiger partial charge in [0.05, 0.1) is 29.6 Å². The first kappa shape index (κ1) is 23.3. The molecule has 5 aromatic rings. The molecule has 0 aliphatic heterocycles. The van der Waals surface area contributed by atoms with E-state index >= 15 is 0 Å². The number of carbonyl (C=O) groups excluding carboxylic acids is 2. The van der Waals surface area contributed by atoms with Crippen LogP contribution in [0.4, 0.5) is 10.8 Å². The van der Waals surface area contributed by atoms with Gasteiger partial charge in [0.1, 0.15) is 0 Å². The van der Waals surface area contributed by atoms with E-state index in [1.807, 2.05) is 53.3 Å². The molecule has 8 heteroatoms. The lowest BCUT2D eigenvalue weighted by atomic mass is 10.1. The van der Waals surface area contributed by atoms with E-state index < -0.39 is 5.91 Å². The van der Waals surface area contributed by atoms with Crippen molar-refractivity contribution in [2.75, 3.05) is 12.4 Å². The topological polar surface area (TPSA) is 99.2 Å². The fourth-order valence-electron chi connectivity index (χ4n) is 4.26. The van der Waals surface area contributed by atoms with Crippen molar-refractivity contribution in [1.82, 2.24) is 9.55 Å². The smallest absolute Gasteiger partial charge is 0.337 e. The summed E-state index contributed by atoms with van der Waals surface area (Å²) in [4.78, 5) is 28.7. The average molecular weight is 497 g/mol. The van der Waals surface area contributed by atoms with Gasteiger partial charge in [-0.3, -0.25) is 4.79 Å². The van der Waals surface area contributed by atoms with E-state index in [-0.39, 0.29) is 5.97 Å². The largest absolute Gasteiger partial charge is 0.465 e. The molecule has 0 aliphatic carbocycles. The fourth-order valence-corrected chi connectivity index (χ4v) is 4.97. The number of methoxy groups -OCH3 is 1. The first-order valence-electron chi connectivity index (χ1n) is 11.3. The van der Waals surface area contributed by atoms with Crippen molar-refractivity contribution in [3.63, 3.8) is 0 Å². The zero-order valence-electron chi connectivity index (χ0n) is 19.8. The molecule has 0 atom stereocenters. The Morgan fingerprint density at radius 3 is 2.56 bits per heavy atom. The first-order valence-corrected chi connectivity index (χ1v) is 12.2.